The highest BCUT2D eigenvalue weighted by Crippen LogP contribution is 2.39. The molecule has 3 atom stereocenters. The Hall–Kier alpha value is -2.90. The smallest absolute Gasteiger partial charge is 0.410 e. The Balaban J connectivity index is 1.44. The second-order valence-corrected chi connectivity index (χ2v) is 9.28. The molecule has 0 saturated carbocycles. The summed E-state index contributed by atoms with van der Waals surface area (Å²) in [5.74, 6) is 1.62. The lowest BCUT2D eigenvalue weighted by atomic mass is 10.00. The molecule has 0 aromatic carbocycles. The molecule has 0 N–H and O–H groups in total. The molecule has 2 aromatic rings. The zero-order valence-corrected chi connectivity index (χ0v) is 18.8. The molecule has 0 aliphatic carbocycles. The molecule has 4 rings (SSSR count). The molecule has 2 aliphatic heterocycles. The first-order valence-corrected chi connectivity index (χ1v) is 10.8. The number of carbonyl (C=O) groups excluding carboxylic acids is 1. The standard InChI is InChI=1S/C23H30N4O4/c1-14-20(25-13-26-21(14)30-19-7-6-10-24-15(19)2)29-18-11-16-8-9-17(12-18)27(16)22(28)31-23(3,4)5/h6-7,10,13,16-18H,8-9,11-12H2,1-5H3/t16-,17+,18?. The van der Waals surface area contributed by atoms with Crippen molar-refractivity contribution in [2.24, 2.45) is 0 Å². The van der Waals surface area contributed by atoms with Crippen molar-refractivity contribution in [2.75, 3.05) is 0 Å². The number of hydrogen-bond acceptors (Lipinski definition) is 7. The predicted molar refractivity (Wildman–Crippen MR) is 114 cm³/mol. The summed E-state index contributed by atoms with van der Waals surface area (Å²) in [5, 5.41) is 0. The minimum atomic E-state index is -0.495. The number of amides is 1. The fourth-order valence-corrected chi connectivity index (χ4v) is 4.32. The van der Waals surface area contributed by atoms with E-state index in [2.05, 4.69) is 15.0 Å². The normalized spacial score (nSPS) is 22.9. The summed E-state index contributed by atoms with van der Waals surface area (Å²) in [6.45, 7) is 9.46. The second kappa shape index (κ2) is 8.32. The molecule has 8 heteroatoms. The number of hydrogen-bond donors (Lipinski definition) is 0. The van der Waals surface area contributed by atoms with Crippen molar-refractivity contribution < 1.29 is 19.0 Å². The van der Waals surface area contributed by atoms with Crippen molar-refractivity contribution in [3.8, 4) is 17.5 Å². The van der Waals surface area contributed by atoms with E-state index in [0.29, 0.717) is 17.5 Å². The molecule has 4 heterocycles. The van der Waals surface area contributed by atoms with Crippen molar-refractivity contribution >= 4 is 6.09 Å². The molecule has 1 unspecified atom stereocenters. The van der Waals surface area contributed by atoms with E-state index in [1.54, 1.807) is 6.20 Å². The SMILES string of the molecule is Cc1ncccc1Oc1ncnc(OC2C[C@H]3CC[C@@H](C2)N3C(=O)OC(C)(C)C)c1C. The zero-order chi connectivity index (χ0) is 22.2. The van der Waals surface area contributed by atoms with Crippen molar-refractivity contribution in [3.63, 3.8) is 0 Å². The third kappa shape index (κ3) is 4.73. The van der Waals surface area contributed by atoms with E-state index in [9.17, 15) is 4.79 Å². The predicted octanol–water partition coefficient (Wildman–Crippen LogP) is 4.59. The van der Waals surface area contributed by atoms with E-state index in [1.807, 2.05) is 51.7 Å². The first-order valence-electron chi connectivity index (χ1n) is 10.8. The largest absolute Gasteiger partial charge is 0.474 e. The molecule has 166 valence electrons. The van der Waals surface area contributed by atoms with E-state index in [0.717, 1.165) is 36.9 Å². The van der Waals surface area contributed by atoms with Gasteiger partial charge in [0.15, 0.2) is 5.75 Å². The molecule has 2 aromatic heterocycles. The summed E-state index contributed by atoms with van der Waals surface area (Å²) in [4.78, 5) is 27.4. The van der Waals surface area contributed by atoms with Crippen LogP contribution in [0.5, 0.6) is 17.5 Å². The maximum absolute atomic E-state index is 12.7. The molecule has 2 bridgehead atoms. The van der Waals surface area contributed by atoms with E-state index >= 15 is 0 Å². The molecular formula is C23H30N4O4. The first kappa shape index (κ1) is 21.3. The number of aryl methyl sites for hydroxylation is 1. The molecule has 2 aliphatic rings. The van der Waals surface area contributed by atoms with Gasteiger partial charge in [-0.15, -0.1) is 0 Å². The summed E-state index contributed by atoms with van der Waals surface area (Å²) in [7, 11) is 0. The van der Waals surface area contributed by atoms with Gasteiger partial charge in [0.2, 0.25) is 11.8 Å². The van der Waals surface area contributed by atoms with Crippen LogP contribution in [0.15, 0.2) is 24.7 Å². The number of pyridine rings is 1. The fraction of sp³-hybridized carbons (Fsp3) is 0.565. The highest BCUT2D eigenvalue weighted by molar-refractivity contribution is 5.69. The van der Waals surface area contributed by atoms with Gasteiger partial charge in [-0.25, -0.2) is 14.8 Å². The van der Waals surface area contributed by atoms with Gasteiger partial charge in [0.1, 0.15) is 18.0 Å². The second-order valence-electron chi connectivity index (χ2n) is 9.28. The van der Waals surface area contributed by atoms with Gasteiger partial charge in [-0.2, -0.15) is 0 Å². The Labute approximate surface area is 183 Å². The van der Waals surface area contributed by atoms with Gasteiger partial charge in [0.25, 0.3) is 0 Å². The van der Waals surface area contributed by atoms with Gasteiger partial charge in [0.05, 0.1) is 11.3 Å². The van der Waals surface area contributed by atoms with Crippen LogP contribution < -0.4 is 9.47 Å². The van der Waals surface area contributed by atoms with Gasteiger partial charge in [-0.1, -0.05) is 0 Å². The summed E-state index contributed by atoms with van der Waals surface area (Å²) in [6, 6.07) is 3.95. The van der Waals surface area contributed by atoms with Gasteiger partial charge in [-0.3, -0.25) is 4.98 Å². The molecule has 1 amide bonds. The van der Waals surface area contributed by atoms with E-state index in [1.165, 1.54) is 6.33 Å². The maximum Gasteiger partial charge on any atom is 0.410 e. The highest BCUT2D eigenvalue weighted by atomic mass is 16.6. The number of aromatic nitrogens is 3. The molecule has 31 heavy (non-hydrogen) atoms. The van der Waals surface area contributed by atoms with Crippen LogP contribution in [0.1, 0.15) is 57.7 Å². The van der Waals surface area contributed by atoms with Crippen molar-refractivity contribution in [1.82, 2.24) is 19.9 Å². The molecule has 2 fully saturated rings. The van der Waals surface area contributed by atoms with Gasteiger partial charge in [-0.05, 0) is 59.6 Å². The Bertz CT molecular complexity index is 945. The quantitative estimate of drug-likeness (QED) is 0.707. The average Bonchev–Trinajstić information content (AvgIpc) is 2.96. The van der Waals surface area contributed by atoms with Crippen LogP contribution >= 0.6 is 0 Å². The van der Waals surface area contributed by atoms with Crippen molar-refractivity contribution in [1.29, 1.82) is 0 Å². The summed E-state index contributed by atoms with van der Waals surface area (Å²) >= 11 is 0. The summed E-state index contributed by atoms with van der Waals surface area (Å²) in [5.41, 5.74) is 1.03. The lowest BCUT2D eigenvalue weighted by molar-refractivity contribution is -0.00772. The topological polar surface area (TPSA) is 86.7 Å². The lowest BCUT2D eigenvalue weighted by Gasteiger charge is -2.39. The number of rotatable bonds is 4. The molecule has 2 saturated heterocycles. The third-order valence-electron chi connectivity index (χ3n) is 5.73. The van der Waals surface area contributed by atoms with E-state index in [-0.39, 0.29) is 24.3 Å². The van der Waals surface area contributed by atoms with Crippen LogP contribution in [0, 0.1) is 13.8 Å². The van der Waals surface area contributed by atoms with Crippen LogP contribution in [0.3, 0.4) is 0 Å². The Morgan fingerprint density at radius 2 is 1.74 bits per heavy atom. The van der Waals surface area contributed by atoms with Gasteiger partial charge < -0.3 is 19.1 Å². The third-order valence-corrected chi connectivity index (χ3v) is 5.73. The minimum absolute atomic E-state index is 0.0160. The molecule has 8 nitrogen and oxygen atoms in total. The first-order chi connectivity index (χ1) is 14.7. The Kier molecular flexibility index (Phi) is 5.73. The number of nitrogens with zero attached hydrogens (tertiary/aromatic N) is 4. The molecular weight excluding hydrogens is 396 g/mol. The van der Waals surface area contributed by atoms with Gasteiger partial charge >= 0.3 is 6.09 Å². The fourth-order valence-electron chi connectivity index (χ4n) is 4.32. The van der Waals surface area contributed by atoms with Crippen LogP contribution in [0.25, 0.3) is 0 Å². The zero-order valence-electron chi connectivity index (χ0n) is 18.8. The van der Waals surface area contributed by atoms with Crippen molar-refractivity contribution in [2.45, 2.75) is 84.1 Å². The van der Waals surface area contributed by atoms with E-state index in [4.69, 9.17) is 14.2 Å². The molecule has 0 spiro atoms. The number of fused-ring (bicyclic) bond motifs is 2. The lowest BCUT2D eigenvalue weighted by Crippen LogP contribution is -2.50. The molecule has 0 radical (unpaired) electrons. The monoisotopic (exact) mass is 426 g/mol. The summed E-state index contributed by atoms with van der Waals surface area (Å²) < 4.78 is 17.9. The number of carbonyl (C=O) groups is 1. The average molecular weight is 427 g/mol. The van der Waals surface area contributed by atoms with Crippen LogP contribution in [-0.4, -0.2) is 49.7 Å². The van der Waals surface area contributed by atoms with E-state index < -0.39 is 5.60 Å². The van der Waals surface area contributed by atoms with Crippen LogP contribution in [0.4, 0.5) is 4.79 Å². The van der Waals surface area contributed by atoms with Crippen LogP contribution in [0.2, 0.25) is 0 Å². The Morgan fingerprint density at radius 3 is 2.39 bits per heavy atom. The van der Waals surface area contributed by atoms with Gasteiger partial charge in [0, 0.05) is 31.1 Å². The van der Waals surface area contributed by atoms with Crippen LogP contribution in [-0.2, 0) is 4.74 Å². The van der Waals surface area contributed by atoms with Crippen molar-refractivity contribution in [3.05, 3.63) is 35.9 Å². The Morgan fingerprint density at radius 1 is 1.06 bits per heavy atom. The minimum Gasteiger partial charge on any atom is -0.474 e. The summed E-state index contributed by atoms with van der Waals surface area (Å²) in [6.07, 6.45) is 6.41. The maximum atomic E-state index is 12.7. The number of piperidine rings is 1. The number of ether oxygens (including phenoxy) is 3. The highest BCUT2D eigenvalue weighted by Gasteiger charge is 2.45.